The summed E-state index contributed by atoms with van der Waals surface area (Å²) in [6, 6.07) is 23.2. The van der Waals surface area contributed by atoms with E-state index in [9.17, 15) is 9.59 Å². The van der Waals surface area contributed by atoms with Crippen LogP contribution in [0.5, 0.6) is 0 Å². The lowest BCUT2D eigenvalue weighted by Crippen LogP contribution is -2.28. The van der Waals surface area contributed by atoms with Crippen LogP contribution in [0.15, 0.2) is 77.3 Å². The van der Waals surface area contributed by atoms with Crippen molar-refractivity contribution >= 4 is 50.9 Å². The van der Waals surface area contributed by atoms with Gasteiger partial charge in [-0.1, -0.05) is 61.0 Å². The molecular weight excluding hydrogens is 484 g/mol. The van der Waals surface area contributed by atoms with Crippen molar-refractivity contribution in [1.82, 2.24) is 0 Å². The van der Waals surface area contributed by atoms with E-state index in [0.29, 0.717) is 17.0 Å². The van der Waals surface area contributed by atoms with E-state index in [1.54, 1.807) is 23.9 Å². The molecule has 0 saturated carbocycles. The predicted octanol–water partition coefficient (Wildman–Crippen LogP) is 6.78. The van der Waals surface area contributed by atoms with Crippen molar-refractivity contribution in [2.45, 2.75) is 31.6 Å². The standard InChI is InChI=1S/C26H25BrN2O2S/c1-26(2,3)19-9-13-22(14-10-19)29-23(30)16-32-25(29)18-5-4-6-21(15-18)28-24(31)17-7-11-20(27)12-8-17/h4-15,25H,16H2,1-3H3,(H,28,31). The Labute approximate surface area is 201 Å². The molecule has 0 spiro atoms. The average molecular weight is 509 g/mol. The Morgan fingerprint density at radius 2 is 1.72 bits per heavy atom. The molecule has 1 fully saturated rings. The van der Waals surface area contributed by atoms with E-state index in [-0.39, 0.29) is 22.6 Å². The fourth-order valence-electron chi connectivity index (χ4n) is 3.65. The minimum atomic E-state index is -0.167. The molecule has 4 rings (SSSR count). The zero-order valence-electron chi connectivity index (χ0n) is 18.3. The molecule has 0 aliphatic carbocycles. The molecule has 1 N–H and O–H groups in total. The zero-order chi connectivity index (χ0) is 22.9. The van der Waals surface area contributed by atoms with Gasteiger partial charge in [0.25, 0.3) is 5.91 Å². The van der Waals surface area contributed by atoms with Crippen LogP contribution in [-0.2, 0) is 10.2 Å². The average Bonchev–Trinajstić information content (AvgIpc) is 3.15. The molecule has 164 valence electrons. The van der Waals surface area contributed by atoms with E-state index >= 15 is 0 Å². The van der Waals surface area contributed by atoms with Gasteiger partial charge in [-0.25, -0.2) is 0 Å². The van der Waals surface area contributed by atoms with Crippen molar-refractivity contribution in [2.24, 2.45) is 0 Å². The van der Waals surface area contributed by atoms with Gasteiger partial charge in [-0.15, -0.1) is 11.8 Å². The highest BCUT2D eigenvalue weighted by Crippen LogP contribution is 2.42. The highest BCUT2D eigenvalue weighted by Gasteiger charge is 2.34. The van der Waals surface area contributed by atoms with E-state index in [2.05, 4.69) is 54.2 Å². The third-order valence-electron chi connectivity index (χ3n) is 5.42. The molecule has 1 heterocycles. The molecular formula is C26H25BrN2O2S. The predicted molar refractivity (Wildman–Crippen MR) is 136 cm³/mol. The monoisotopic (exact) mass is 508 g/mol. The number of carbonyl (C=O) groups excluding carboxylic acids is 2. The van der Waals surface area contributed by atoms with Crippen LogP contribution in [0.2, 0.25) is 0 Å². The molecule has 3 aromatic rings. The summed E-state index contributed by atoms with van der Waals surface area (Å²) in [4.78, 5) is 27.2. The van der Waals surface area contributed by atoms with Crippen LogP contribution in [0.3, 0.4) is 0 Å². The third-order valence-corrected chi connectivity index (χ3v) is 7.16. The summed E-state index contributed by atoms with van der Waals surface area (Å²) in [5, 5.41) is 2.83. The molecule has 6 heteroatoms. The lowest BCUT2D eigenvalue weighted by Gasteiger charge is -2.26. The first-order valence-corrected chi connectivity index (χ1v) is 12.3. The highest BCUT2D eigenvalue weighted by atomic mass is 79.9. The molecule has 4 nitrogen and oxygen atoms in total. The Morgan fingerprint density at radius 1 is 1.03 bits per heavy atom. The van der Waals surface area contributed by atoms with Gasteiger partial charge < -0.3 is 5.32 Å². The van der Waals surface area contributed by atoms with Gasteiger partial charge in [-0.2, -0.15) is 0 Å². The number of nitrogens with one attached hydrogen (secondary N) is 1. The molecule has 2 amide bonds. The number of benzene rings is 3. The van der Waals surface area contributed by atoms with Crippen LogP contribution in [-0.4, -0.2) is 17.6 Å². The quantitative estimate of drug-likeness (QED) is 0.422. The van der Waals surface area contributed by atoms with Crippen molar-refractivity contribution in [3.05, 3.63) is 94.0 Å². The maximum absolute atomic E-state index is 12.7. The van der Waals surface area contributed by atoms with E-state index in [1.165, 1.54) is 5.56 Å². The number of nitrogens with zero attached hydrogens (tertiary/aromatic N) is 1. The Bertz CT molecular complexity index is 1140. The largest absolute Gasteiger partial charge is 0.322 e. The van der Waals surface area contributed by atoms with Crippen molar-refractivity contribution < 1.29 is 9.59 Å². The molecule has 3 aromatic carbocycles. The number of thioether (sulfide) groups is 1. The van der Waals surface area contributed by atoms with Crippen molar-refractivity contribution in [2.75, 3.05) is 16.0 Å². The van der Waals surface area contributed by atoms with E-state index in [1.807, 2.05) is 53.4 Å². The number of amides is 2. The molecule has 1 aliphatic rings. The van der Waals surface area contributed by atoms with Gasteiger partial charge in [0.2, 0.25) is 5.91 Å². The second-order valence-electron chi connectivity index (χ2n) is 8.81. The first-order valence-electron chi connectivity index (χ1n) is 10.4. The first kappa shape index (κ1) is 22.6. The molecule has 1 atom stereocenters. The van der Waals surface area contributed by atoms with E-state index in [0.717, 1.165) is 15.7 Å². The fraction of sp³-hybridized carbons (Fsp3) is 0.231. The minimum absolute atomic E-state index is 0.0586. The summed E-state index contributed by atoms with van der Waals surface area (Å²) in [7, 11) is 0. The number of hydrogen-bond acceptors (Lipinski definition) is 3. The van der Waals surface area contributed by atoms with Gasteiger partial charge >= 0.3 is 0 Å². The molecule has 1 unspecified atom stereocenters. The summed E-state index contributed by atoms with van der Waals surface area (Å²) in [5.74, 6) is 0.355. The van der Waals surface area contributed by atoms with Crippen molar-refractivity contribution in [3.63, 3.8) is 0 Å². The number of hydrogen-bond donors (Lipinski definition) is 1. The van der Waals surface area contributed by atoms with Crippen LogP contribution in [0.1, 0.15) is 47.6 Å². The Morgan fingerprint density at radius 3 is 2.38 bits per heavy atom. The van der Waals surface area contributed by atoms with Gasteiger partial charge in [0.05, 0.1) is 5.75 Å². The summed E-state index contributed by atoms with van der Waals surface area (Å²) >= 11 is 4.99. The minimum Gasteiger partial charge on any atom is -0.322 e. The van der Waals surface area contributed by atoms with E-state index < -0.39 is 0 Å². The molecule has 1 saturated heterocycles. The Kier molecular flexibility index (Phi) is 6.45. The topological polar surface area (TPSA) is 49.4 Å². The second kappa shape index (κ2) is 9.12. The number of carbonyl (C=O) groups is 2. The zero-order valence-corrected chi connectivity index (χ0v) is 20.7. The third kappa shape index (κ3) is 4.92. The molecule has 0 bridgehead atoms. The Balaban J connectivity index is 1.56. The van der Waals surface area contributed by atoms with Gasteiger partial charge in [-0.3, -0.25) is 14.5 Å². The van der Waals surface area contributed by atoms with Crippen LogP contribution < -0.4 is 10.2 Å². The van der Waals surface area contributed by atoms with Crippen molar-refractivity contribution in [3.8, 4) is 0 Å². The molecule has 0 aromatic heterocycles. The fourth-order valence-corrected chi connectivity index (χ4v) is 5.08. The number of halogens is 1. The molecule has 1 aliphatic heterocycles. The van der Waals surface area contributed by atoms with Gasteiger partial charge in [0.15, 0.2) is 0 Å². The lowest BCUT2D eigenvalue weighted by molar-refractivity contribution is -0.115. The maximum Gasteiger partial charge on any atom is 0.255 e. The smallest absolute Gasteiger partial charge is 0.255 e. The summed E-state index contributed by atoms with van der Waals surface area (Å²) < 4.78 is 0.926. The normalized spacial score (nSPS) is 16.3. The van der Waals surface area contributed by atoms with Crippen molar-refractivity contribution in [1.29, 1.82) is 0 Å². The maximum atomic E-state index is 12.7. The second-order valence-corrected chi connectivity index (χ2v) is 10.8. The highest BCUT2D eigenvalue weighted by molar-refractivity contribution is 9.10. The summed E-state index contributed by atoms with van der Waals surface area (Å²) in [5.41, 5.74) is 4.46. The number of rotatable bonds is 4. The van der Waals surface area contributed by atoms with Crippen LogP contribution in [0, 0.1) is 0 Å². The SMILES string of the molecule is CC(C)(C)c1ccc(N2C(=O)CSC2c2cccc(NC(=O)c3ccc(Br)cc3)c2)cc1. The Hall–Kier alpha value is -2.57. The number of anilines is 2. The summed E-state index contributed by atoms with van der Waals surface area (Å²) in [6.07, 6.45) is 0. The van der Waals surface area contributed by atoms with E-state index in [4.69, 9.17) is 0 Å². The van der Waals surface area contributed by atoms with Crippen LogP contribution >= 0.6 is 27.7 Å². The molecule has 32 heavy (non-hydrogen) atoms. The first-order chi connectivity index (χ1) is 15.2. The van der Waals surface area contributed by atoms with Gasteiger partial charge in [0.1, 0.15) is 5.37 Å². The van der Waals surface area contributed by atoms with Crippen LogP contribution in [0.25, 0.3) is 0 Å². The van der Waals surface area contributed by atoms with Gasteiger partial charge in [0, 0.05) is 21.4 Å². The van der Waals surface area contributed by atoms with Gasteiger partial charge in [-0.05, 0) is 65.1 Å². The van der Waals surface area contributed by atoms with Crippen LogP contribution in [0.4, 0.5) is 11.4 Å². The molecule has 0 radical (unpaired) electrons. The lowest BCUT2D eigenvalue weighted by atomic mass is 9.87. The summed E-state index contributed by atoms with van der Waals surface area (Å²) in [6.45, 7) is 6.53.